The van der Waals surface area contributed by atoms with Gasteiger partial charge < -0.3 is 5.11 Å². The van der Waals surface area contributed by atoms with E-state index in [9.17, 15) is 5.11 Å². The van der Waals surface area contributed by atoms with E-state index >= 15 is 0 Å². The Labute approximate surface area is 98.1 Å². The van der Waals surface area contributed by atoms with Crippen LogP contribution in [0.15, 0.2) is 12.1 Å². The molecule has 3 nitrogen and oxygen atoms in total. The second-order valence-electron chi connectivity index (χ2n) is 4.14. The van der Waals surface area contributed by atoms with Gasteiger partial charge in [-0.1, -0.05) is 20.3 Å². The molecule has 1 N–H and O–H groups in total. The van der Waals surface area contributed by atoms with Crippen molar-refractivity contribution in [2.45, 2.75) is 40.2 Å². The zero-order valence-corrected chi connectivity index (χ0v) is 10.5. The lowest BCUT2D eigenvalue weighted by atomic mass is 10.2. The fourth-order valence-corrected chi connectivity index (χ4v) is 1.66. The van der Waals surface area contributed by atoms with Crippen LogP contribution in [0.25, 0.3) is 0 Å². The van der Waals surface area contributed by atoms with Crippen molar-refractivity contribution < 1.29 is 5.11 Å². The summed E-state index contributed by atoms with van der Waals surface area (Å²) in [6, 6.07) is 3.56. The van der Waals surface area contributed by atoms with E-state index in [1.54, 1.807) is 6.07 Å². The molecule has 0 saturated carbocycles. The smallest absolute Gasteiger partial charge is 0.138 e. The maximum absolute atomic E-state index is 9.72. The number of unbranched alkanes of at least 4 members (excludes halogenated alkanes) is 1. The molecule has 0 spiro atoms. The first-order chi connectivity index (χ1) is 7.67. The molecule has 0 radical (unpaired) electrons. The first kappa shape index (κ1) is 13.0. The summed E-state index contributed by atoms with van der Waals surface area (Å²) in [5.74, 6) is 0.306. The molecule has 0 fully saturated rings. The van der Waals surface area contributed by atoms with Gasteiger partial charge in [0.1, 0.15) is 5.75 Å². The topological polar surface area (TPSA) is 36.4 Å². The fourth-order valence-electron chi connectivity index (χ4n) is 1.66. The average molecular weight is 222 g/mol. The molecule has 0 bridgehead atoms. The molecule has 90 valence electrons. The van der Waals surface area contributed by atoms with E-state index in [-0.39, 0.29) is 0 Å². The van der Waals surface area contributed by atoms with Crippen molar-refractivity contribution in [1.82, 2.24) is 9.88 Å². The highest BCUT2D eigenvalue weighted by Crippen LogP contribution is 2.16. The SMILES string of the molecule is CCCCN(CC)Cc1nc(C)ccc1O. The van der Waals surface area contributed by atoms with Crippen molar-refractivity contribution in [3.63, 3.8) is 0 Å². The summed E-state index contributed by atoms with van der Waals surface area (Å²) in [7, 11) is 0. The van der Waals surface area contributed by atoms with Crippen molar-refractivity contribution in [1.29, 1.82) is 0 Å². The summed E-state index contributed by atoms with van der Waals surface area (Å²) in [5, 5.41) is 9.72. The molecule has 0 aliphatic heterocycles. The minimum Gasteiger partial charge on any atom is -0.506 e. The molecule has 0 aliphatic rings. The van der Waals surface area contributed by atoms with E-state index in [0.29, 0.717) is 5.75 Å². The van der Waals surface area contributed by atoms with E-state index < -0.39 is 0 Å². The van der Waals surface area contributed by atoms with Gasteiger partial charge in [0.15, 0.2) is 0 Å². The molecule has 0 atom stereocenters. The lowest BCUT2D eigenvalue weighted by Crippen LogP contribution is -2.24. The number of hydrogen-bond acceptors (Lipinski definition) is 3. The standard InChI is InChI=1S/C13H22N2O/c1-4-6-9-15(5-2)10-12-13(16)8-7-11(3)14-12/h7-8,16H,4-6,9-10H2,1-3H3. The van der Waals surface area contributed by atoms with Crippen LogP contribution in [0.2, 0.25) is 0 Å². The Kier molecular flexibility index (Phi) is 5.26. The predicted octanol–water partition coefficient (Wildman–Crippen LogP) is 2.72. The first-order valence-electron chi connectivity index (χ1n) is 6.05. The van der Waals surface area contributed by atoms with Crippen LogP contribution in [0.3, 0.4) is 0 Å². The summed E-state index contributed by atoms with van der Waals surface area (Å²) in [5.41, 5.74) is 1.75. The van der Waals surface area contributed by atoms with E-state index in [4.69, 9.17) is 0 Å². The summed E-state index contributed by atoms with van der Waals surface area (Å²) in [6.45, 7) is 9.09. The minimum atomic E-state index is 0.306. The number of aromatic nitrogens is 1. The maximum atomic E-state index is 9.72. The van der Waals surface area contributed by atoms with Gasteiger partial charge in [-0.25, -0.2) is 0 Å². The highest BCUT2D eigenvalue weighted by atomic mass is 16.3. The molecule has 1 aromatic rings. The number of pyridine rings is 1. The fraction of sp³-hybridized carbons (Fsp3) is 0.615. The largest absolute Gasteiger partial charge is 0.506 e. The van der Waals surface area contributed by atoms with Crippen LogP contribution < -0.4 is 0 Å². The van der Waals surface area contributed by atoms with Gasteiger partial charge in [0.2, 0.25) is 0 Å². The normalized spacial score (nSPS) is 11.0. The summed E-state index contributed by atoms with van der Waals surface area (Å²) < 4.78 is 0. The quantitative estimate of drug-likeness (QED) is 0.804. The molecule has 0 aromatic carbocycles. The van der Waals surface area contributed by atoms with Crippen LogP contribution >= 0.6 is 0 Å². The van der Waals surface area contributed by atoms with E-state index in [0.717, 1.165) is 31.0 Å². The third-order valence-corrected chi connectivity index (χ3v) is 2.74. The molecular formula is C13H22N2O. The van der Waals surface area contributed by atoms with Gasteiger partial charge in [-0.15, -0.1) is 0 Å². The molecule has 0 unspecified atom stereocenters. The molecule has 0 aliphatic carbocycles. The second kappa shape index (κ2) is 6.48. The van der Waals surface area contributed by atoms with Crippen molar-refractivity contribution in [3.8, 4) is 5.75 Å². The third-order valence-electron chi connectivity index (χ3n) is 2.74. The highest BCUT2D eigenvalue weighted by molar-refractivity contribution is 5.27. The number of hydrogen-bond donors (Lipinski definition) is 1. The Morgan fingerprint density at radius 3 is 2.69 bits per heavy atom. The molecule has 0 amide bonds. The summed E-state index contributed by atoms with van der Waals surface area (Å²) >= 11 is 0. The molecular weight excluding hydrogens is 200 g/mol. The highest BCUT2D eigenvalue weighted by Gasteiger charge is 2.08. The number of aromatic hydroxyl groups is 1. The lowest BCUT2D eigenvalue weighted by molar-refractivity contribution is 0.267. The van der Waals surface area contributed by atoms with Crippen LogP contribution in [-0.2, 0) is 6.54 Å². The molecule has 1 aromatic heterocycles. The third kappa shape index (κ3) is 3.81. The van der Waals surface area contributed by atoms with Gasteiger partial charge in [-0.2, -0.15) is 0 Å². The Bertz CT molecular complexity index is 326. The van der Waals surface area contributed by atoms with E-state index in [1.807, 2.05) is 13.0 Å². The number of nitrogens with zero attached hydrogens (tertiary/aromatic N) is 2. The van der Waals surface area contributed by atoms with Crippen molar-refractivity contribution in [2.75, 3.05) is 13.1 Å². The number of rotatable bonds is 6. The molecule has 16 heavy (non-hydrogen) atoms. The zero-order chi connectivity index (χ0) is 12.0. The predicted molar refractivity (Wildman–Crippen MR) is 66.5 cm³/mol. The Balaban J connectivity index is 2.65. The second-order valence-corrected chi connectivity index (χ2v) is 4.14. The van der Waals surface area contributed by atoms with Crippen LogP contribution in [0.1, 0.15) is 38.1 Å². The monoisotopic (exact) mass is 222 g/mol. The number of aryl methyl sites for hydroxylation is 1. The Hall–Kier alpha value is -1.09. The van der Waals surface area contributed by atoms with Gasteiger partial charge in [0.05, 0.1) is 5.69 Å². The van der Waals surface area contributed by atoms with Crippen molar-refractivity contribution in [2.24, 2.45) is 0 Å². The zero-order valence-electron chi connectivity index (χ0n) is 10.5. The van der Waals surface area contributed by atoms with Crippen molar-refractivity contribution >= 4 is 0 Å². The van der Waals surface area contributed by atoms with Gasteiger partial charge in [-0.05, 0) is 38.6 Å². The summed E-state index contributed by atoms with van der Waals surface area (Å²) in [4.78, 5) is 6.69. The van der Waals surface area contributed by atoms with Crippen LogP contribution in [-0.4, -0.2) is 28.1 Å². The average Bonchev–Trinajstić information content (AvgIpc) is 2.28. The van der Waals surface area contributed by atoms with Gasteiger partial charge in [-0.3, -0.25) is 9.88 Å². The first-order valence-corrected chi connectivity index (χ1v) is 6.05. The summed E-state index contributed by atoms with van der Waals surface area (Å²) in [6.07, 6.45) is 2.39. The van der Waals surface area contributed by atoms with E-state index in [1.165, 1.54) is 12.8 Å². The maximum Gasteiger partial charge on any atom is 0.138 e. The van der Waals surface area contributed by atoms with Crippen molar-refractivity contribution in [3.05, 3.63) is 23.5 Å². The van der Waals surface area contributed by atoms with Crippen LogP contribution in [0, 0.1) is 6.92 Å². The molecule has 0 saturated heterocycles. The Morgan fingerprint density at radius 1 is 1.31 bits per heavy atom. The van der Waals surface area contributed by atoms with Gasteiger partial charge in [0, 0.05) is 12.2 Å². The molecule has 1 heterocycles. The van der Waals surface area contributed by atoms with Crippen LogP contribution in [0.5, 0.6) is 5.75 Å². The molecule has 1 rings (SSSR count). The van der Waals surface area contributed by atoms with Gasteiger partial charge in [0.25, 0.3) is 0 Å². The minimum absolute atomic E-state index is 0.306. The Morgan fingerprint density at radius 2 is 2.06 bits per heavy atom. The molecule has 3 heteroatoms. The van der Waals surface area contributed by atoms with E-state index in [2.05, 4.69) is 23.7 Å². The van der Waals surface area contributed by atoms with Gasteiger partial charge >= 0.3 is 0 Å². The van der Waals surface area contributed by atoms with Crippen LogP contribution in [0.4, 0.5) is 0 Å². The lowest BCUT2D eigenvalue weighted by Gasteiger charge is -2.20.